The molecule has 0 saturated carbocycles. The number of benzene rings is 2. The molecule has 0 aliphatic heterocycles. The number of halogens is 1. The summed E-state index contributed by atoms with van der Waals surface area (Å²) >= 11 is 0. The third-order valence-corrected chi connectivity index (χ3v) is 4.56. The van der Waals surface area contributed by atoms with Gasteiger partial charge in [0.15, 0.2) is 0 Å². The number of anilines is 2. The molecular weight excluding hydrogens is 369 g/mol. The summed E-state index contributed by atoms with van der Waals surface area (Å²) in [6, 6.07) is 15.5. The number of nitrogen functional groups attached to an aromatic ring is 1. The van der Waals surface area contributed by atoms with Crippen molar-refractivity contribution in [1.29, 1.82) is 5.26 Å². The van der Waals surface area contributed by atoms with Gasteiger partial charge < -0.3 is 11.1 Å². The van der Waals surface area contributed by atoms with E-state index in [0.29, 0.717) is 22.6 Å². The van der Waals surface area contributed by atoms with E-state index in [1.807, 2.05) is 43.3 Å². The standard InChI is InChI=1S/C21H16FN7/c1-12(27-21-16(10-23)20(24)25-11-26-21)19-18(13-5-4-6-14(22)9-13)15-7-2-3-8-17(15)28-29-19/h2-9,11-12H,1H3,(H3,24,25,26,27)/t12-/m0/s1. The van der Waals surface area contributed by atoms with Gasteiger partial charge >= 0.3 is 0 Å². The predicted molar refractivity (Wildman–Crippen MR) is 108 cm³/mol. The van der Waals surface area contributed by atoms with Crippen molar-refractivity contribution >= 4 is 22.5 Å². The molecule has 142 valence electrons. The number of nitriles is 1. The molecule has 8 heteroatoms. The van der Waals surface area contributed by atoms with E-state index in [4.69, 9.17) is 5.73 Å². The Balaban J connectivity index is 1.87. The van der Waals surface area contributed by atoms with E-state index in [0.717, 1.165) is 10.9 Å². The van der Waals surface area contributed by atoms with E-state index >= 15 is 0 Å². The normalized spacial score (nSPS) is 11.8. The fourth-order valence-electron chi connectivity index (χ4n) is 3.21. The van der Waals surface area contributed by atoms with Crippen LogP contribution >= 0.6 is 0 Å². The second kappa shape index (κ2) is 7.48. The highest BCUT2D eigenvalue weighted by Gasteiger charge is 2.20. The molecular formula is C21H16FN7. The molecule has 0 aliphatic rings. The van der Waals surface area contributed by atoms with Gasteiger partial charge in [0.05, 0.1) is 17.3 Å². The Labute approximate surface area is 166 Å². The molecule has 7 nitrogen and oxygen atoms in total. The Kier molecular flexibility index (Phi) is 4.71. The number of hydrogen-bond acceptors (Lipinski definition) is 7. The minimum atomic E-state index is -0.397. The van der Waals surface area contributed by atoms with E-state index < -0.39 is 6.04 Å². The Morgan fingerprint density at radius 1 is 1.10 bits per heavy atom. The molecule has 2 heterocycles. The van der Waals surface area contributed by atoms with Crippen molar-refractivity contribution in [3.8, 4) is 17.2 Å². The van der Waals surface area contributed by atoms with Crippen LogP contribution in [-0.2, 0) is 0 Å². The molecule has 1 atom stereocenters. The summed E-state index contributed by atoms with van der Waals surface area (Å²) in [6.07, 6.45) is 1.28. The van der Waals surface area contributed by atoms with Crippen LogP contribution in [0.25, 0.3) is 22.0 Å². The molecule has 0 unspecified atom stereocenters. The van der Waals surface area contributed by atoms with Crippen molar-refractivity contribution in [2.24, 2.45) is 0 Å². The predicted octanol–water partition coefficient (Wildman–Crippen LogP) is 3.85. The molecule has 0 bridgehead atoms. The highest BCUT2D eigenvalue weighted by Crippen LogP contribution is 2.34. The van der Waals surface area contributed by atoms with E-state index in [1.165, 1.54) is 18.5 Å². The maximum absolute atomic E-state index is 14.0. The lowest BCUT2D eigenvalue weighted by Gasteiger charge is -2.19. The summed E-state index contributed by atoms with van der Waals surface area (Å²) in [4.78, 5) is 7.96. The quantitative estimate of drug-likeness (QED) is 0.548. The van der Waals surface area contributed by atoms with Gasteiger partial charge in [0.1, 0.15) is 35.4 Å². The van der Waals surface area contributed by atoms with Crippen molar-refractivity contribution < 1.29 is 4.39 Å². The van der Waals surface area contributed by atoms with E-state index in [9.17, 15) is 9.65 Å². The van der Waals surface area contributed by atoms with Crippen molar-refractivity contribution in [1.82, 2.24) is 20.2 Å². The minimum Gasteiger partial charge on any atom is -0.382 e. The van der Waals surface area contributed by atoms with Gasteiger partial charge in [-0.05, 0) is 30.7 Å². The lowest BCUT2D eigenvalue weighted by atomic mass is 9.96. The summed E-state index contributed by atoms with van der Waals surface area (Å²) in [5, 5.41) is 22.1. The molecule has 0 amide bonds. The number of nitrogens with zero attached hydrogens (tertiary/aromatic N) is 5. The maximum atomic E-state index is 14.0. The highest BCUT2D eigenvalue weighted by atomic mass is 19.1. The SMILES string of the molecule is C[C@H](Nc1ncnc(N)c1C#N)c1nnc2ccccc2c1-c1cccc(F)c1. The Bertz CT molecular complexity index is 1250. The largest absolute Gasteiger partial charge is 0.382 e. The Morgan fingerprint density at radius 3 is 2.72 bits per heavy atom. The molecule has 29 heavy (non-hydrogen) atoms. The number of aromatic nitrogens is 4. The van der Waals surface area contributed by atoms with Gasteiger partial charge in [-0.15, -0.1) is 0 Å². The molecule has 0 fully saturated rings. The number of nitrogens with two attached hydrogens (primary N) is 1. The summed E-state index contributed by atoms with van der Waals surface area (Å²) in [6.45, 7) is 1.86. The van der Waals surface area contributed by atoms with E-state index in [2.05, 4.69) is 25.5 Å². The lowest BCUT2D eigenvalue weighted by molar-refractivity contribution is 0.628. The molecule has 0 saturated heterocycles. The van der Waals surface area contributed by atoms with Gasteiger partial charge in [-0.25, -0.2) is 14.4 Å². The molecule has 2 aromatic carbocycles. The summed E-state index contributed by atoms with van der Waals surface area (Å²) < 4.78 is 14.0. The third-order valence-electron chi connectivity index (χ3n) is 4.56. The highest BCUT2D eigenvalue weighted by molar-refractivity contribution is 5.95. The zero-order chi connectivity index (χ0) is 20.4. The lowest BCUT2D eigenvalue weighted by Crippen LogP contribution is -2.14. The first-order valence-corrected chi connectivity index (χ1v) is 8.87. The van der Waals surface area contributed by atoms with Crippen molar-refractivity contribution in [3.63, 3.8) is 0 Å². The minimum absolute atomic E-state index is 0.0900. The first-order valence-electron chi connectivity index (χ1n) is 8.87. The van der Waals surface area contributed by atoms with Crippen molar-refractivity contribution in [2.75, 3.05) is 11.1 Å². The molecule has 3 N–H and O–H groups in total. The Hall–Kier alpha value is -4.12. The zero-order valence-electron chi connectivity index (χ0n) is 15.5. The van der Waals surface area contributed by atoms with Crippen LogP contribution in [0.2, 0.25) is 0 Å². The zero-order valence-corrected chi connectivity index (χ0v) is 15.5. The van der Waals surface area contributed by atoms with Gasteiger partial charge in [-0.3, -0.25) is 0 Å². The number of nitrogens with one attached hydrogen (secondary N) is 1. The van der Waals surface area contributed by atoms with Crippen LogP contribution < -0.4 is 11.1 Å². The molecule has 4 rings (SSSR count). The summed E-state index contributed by atoms with van der Waals surface area (Å²) in [5.41, 5.74) is 8.66. The number of fused-ring (bicyclic) bond motifs is 1. The fraction of sp³-hybridized carbons (Fsp3) is 0.0952. The molecule has 0 radical (unpaired) electrons. The average Bonchev–Trinajstić information content (AvgIpc) is 2.73. The van der Waals surface area contributed by atoms with E-state index in [-0.39, 0.29) is 17.2 Å². The Morgan fingerprint density at radius 2 is 1.93 bits per heavy atom. The van der Waals surface area contributed by atoms with Crippen LogP contribution in [0.5, 0.6) is 0 Å². The van der Waals surface area contributed by atoms with Crippen LogP contribution in [0.3, 0.4) is 0 Å². The topological polar surface area (TPSA) is 113 Å². The van der Waals surface area contributed by atoms with Crippen LogP contribution in [0.15, 0.2) is 54.9 Å². The van der Waals surface area contributed by atoms with Crippen molar-refractivity contribution in [2.45, 2.75) is 13.0 Å². The fourth-order valence-corrected chi connectivity index (χ4v) is 3.21. The number of hydrogen-bond donors (Lipinski definition) is 2. The second-order valence-corrected chi connectivity index (χ2v) is 6.45. The van der Waals surface area contributed by atoms with Gasteiger partial charge in [-0.2, -0.15) is 15.5 Å². The summed E-state index contributed by atoms with van der Waals surface area (Å²) in [7, 11) is 0. The number of rotatable bonds is 4. The second-order valence-electron chi connectivity index (χ2n) is 6.45. The summed E-state index contributed by atoms with van der Waals surface area (Å²) in [5.74, 6) is 0.0464. The monoisotopic (exact) mass is 385 g/mol. The average molecular weight is 385 g/mol. The van der Waals surface area contributed by atoms with Gasteiger partial charge in [0.2, 0.25) is 0 Å². The smallest absolute Gasteiger partial charge is 0.150 e. The van der Waals surface area contributed by atoms with Crippen LogP contribution in [0, 0.1) is 17.1 Å². The van der Waals surface area contributed by atoms with E-state index in [1.54, 1.807) is 6.07 Å². The maximum Gasteiger partial charge on any atom is 0.150 e. The van der Waals surface area contributed by atoms with Crippen LogP contribution in [-0.4, -0.2) is 20.2 Å². The molecule has 2 aromatic heterocycles. The third kappa shape index (κ3) is 3.41. The van der Waals surface area contributed by atoms with Crippen LogP contribution in [0.1, 0.15) is 24.2 Å². The van der Waals surface area contributed by atoms with Gasteiger partial charge in [0.25, 0.3) is 0 Å². The molecule has 0 aliphatic carbocycles. The molecule has 0 spiro atoms. The van der Waals surface area contributed by atoms with Gasteiger partial charge in [-0.1, -0.05) is 30.3 Å². The van der Waals surface area contributed by atoms with Gasteiger partial charge in [0, 0.05) is 10.9 Å². The van der Waals surface area contributed by atoms with Crippen LogP contribution in [0.4, 0.5) is 16.0 Å². The first kappa shape index (κ1) is 18.3. The van der Waals surface area contributed by atoms with Crippen molar-refractivity contribution in [3.05, 3.63) is 71.9 Å². The molecule has 4 aromatic rings. The first-order chi connectivity index (χ1) is 14.1.